The second-order valence-electron chi connectivity index (χ2n) is 16.3. The van der Waals surface area contributed by atoms with Gasteiger partial charge in [0.05, 0.1) is 22.3 Å². The Labute approximate surface area is 279 Å². The maximum atomic E-state index is 6.62. The minimum Gasteiger partial charge on any atom is -0.399 e. The topological polar surface area (TPSA) is 40.2 Å². The van der Waals surface area contributed by atoms with Crippen molar-refractivity contribution in [1.29, 1.82) is 0 Å². The summed E-state index contributed by atoms with van der Waals surface area (Å²) >= 11 is 0. The van der Waals surface area contributed by atoms with E-state index in [9.17, 15) is 0 Å². The molecule has 5 aliphatic rings. The zero-order valence-electron chi connectivity index (χ0n) is 28.9. The summed E-state index contributed by atoms with van der Waals surface area (Å²) in [5.41, 5.74) is 12.9. The maximum Gasteiger partial charge on any atom is 0.494 e. The van der Waals surface area contributed by atoms with Crippen molar-refractivity contribution in [3.8, 4) is 11.1 Å². The van der Waals surface area contributed by atoms with Crippen molar-refractivity contribution in [2.45, 2.75) is 109 Å². The van der Waals surface area contributed by atoms with Gasteiger partial charge in [0, 0.05) is 0 Å². The molecule has 0 spiro atoms. The highest BCUT2D eigenvalue weighted by Crippen LogP contribution is 2.58. The summed E-state index contributed by atoms with van der Waals surface area (Å²) < 4.78 is 13.2. The Morgan fingerprint density at radius 2 is 1.00 bits per heavy atom. The first-order valence-electron chi connectivity index (χ1n) is 17.3. The van der Waals surface area contributed by atoms with Crippen molar-refractivity contribution in [2.24, 2.45) is 0 Å². The molecule has 0 radical (unpaired) electrons. The Kier molecular flexibility index (Phi) is 5.93. The number of aryl methyl sites for hydroxylation is 4. The van der Waals surface area contributed by atoms with E-state index in [2.05, 4.69) is 128 Å². The summed E-state index contributed by atoms with van der Waals surface area (Å²) in [6.07, 6.45) is 4.55. The monoisotopic (exact) mass is 625 g/mol. The Hall–Kier alpha value is -3.42. The fourth-order valence-corrected chi connectivity index (χ4v) is 7.97. The van der Waals surface area contributed by atoms with E-state index in [-0.39, 0.29) is 0 Å². The van der Waals surface area contributed by atoms with Crippen molar-refractivity contribution in [2.75, 3.05) is 5.23 Å². The second kappa shape index (κ2) is 9.38. The summed E-state index contributed by atoms with van der Waals surface area (Å²) in [6, 6.07) is 27.9. The highest BCUT2D eigenvalue weighted by atomic mass is 17.0. The van der Waals surface area contributed by atoms with Crippen LogP contribution >= 0.6 is 0 Å². The van der Waals surface area contributed by atoms with Crippen LogP contribution in [-0.4, -0.2) is 29.5 Å². The molecule has 2 saturated heterocycles. The van der Waals surface area contributed by atoms with E-state index in [1.165, 1.54) is 55.6 Å². The lowest BCUT2D eigenvalue weighted by Gasteiger charge is -2.37. The fourth-order valence-electron chi connectivity index (χ4n) is 7.97. The number of hydrogen-bond donors (Lipinski definition) is 0. The molecule has 6 heteroatoms. The van der Waals surface area contributed by atoms with Gasteiger partial charge in [0.25, 0.3) is 0 Å². The minimum absolute atomic E-state index is 0.424. The summed E-state index contributed by atoms with van der Waals surface area (Å²) in [5, 5.41) is 1.64. The Balaban J connectivity index is 1.30. The van der Waals surface area contributed by atoms with Crippen molar-refractivity contribution >= 4 is 18.3 Å². The van der Waals surface area contributed by atoms with E-state index in [0.717, 1.165) is 36.8 Å². The highest BCUT2D eigenvalue weighted by molar-refractivity contribution is 6.62. The molecule has 4 aromatic rings. The summed E-state index contributed by atoms with van der Waals surface area (Å²) in [7, 11) is -0.452. The molecular formula is C41H44BNO4. The molecule has 0 aromatic heterocycles. The van der Waals surface area contributed by atoms with Gasteiger partial charge in [0.2, 0.25) is 0 Å². The summed E-state index contributed by atoms with van der Waals surface area (Å²) in [6.45, 7) is 16.8. The molecule has 0 unspecified atom stereocenters. The predicted molar refractivity (Wildman–Crippen MR) is 187 cm³/mol. The van der Waals surface area contributed by atoms with Crippen molar-refractivity contribution in [1.82, 2.24) is 0 Å². The molecule has 240 valence electrons. The van der Waals surface area contributed by atoms with Crippen LogP contribution in [0.4, 0.5) is 5.69 Å². The van der Waals surface area contributed by atoms with Gasteiger partial charge in [-0.05, 0) is 154 Å². The van der Waals surface area contributed by atoms with E-state index < -0.39 is 34.9 Å². The van der Waals surface area contributed by atoms with Crippen LogP contribution in [0.3, 0.4) is 0 Å². The van der Waals surface area contributed by atoms with Crippen LogP contribution in [0.5, 0.6) is 0 Å². The first kappa shape index (κ1) is 29.7. The third-order valence-electron chi connectivity index (χ3n) is 12.6. The molecule has 2 aliphatic heterocycles. The van der Waals surface area contributed by atoms with Crippen LogP contribution in [0.25, 0.3) is 11.1 Å². The van der Waals surface area contributed by atoms with E-state index in [4.69, 9.17) is 19.0 Å². The SMILES string of the molecule is CC1(C)OB(c2ccc3c(c2)C(c2ccc4c(c2)CC4)(c2ccc4c(c2)CC4)c2cc(N4OC(C)(C)C(C)(C)O4)ccc2-3)OC1(C)C. The number of fused-ring (bicyclic) bond motifs is 5. The van der Waals surface area contributed by atoms with Crippen molar-refractivity contribution in [3.63, 3.8) is 0 Å². The predicted octanol–water partition coefficient (Wildman–Crippen LogP) is 7.79. The summed E-state index contributed by atoms with van der Waals surface area (Å²) in [5.74, 6) is 0. The Morgan fingerprint density at radius 1 is 0.511 bits per heavy atom. The number of anilines is 1. The molecule has 2 heterocycles. The number of hydrogen-bond acceptors (Lipinski definition) is 5. The van der Waals surface area contributed by atoms with Crippen molar-refractivity contribution < 1.29 is 19.0 Å². The zero-order valence-corrected chi connectivity index (χ0v) is 28.9. The minimum atomic E-state index is -0.555. The van der Waals surface area contributed by atoms with Crippen LogP contribution in [0, 0.1) is 0 Å². The first-order valence-corrected chi connectivity index (χ1v) is 17.3. The van der Waals surface area contributed by atoms with Gasteiger partial charge in [0.1, 0.15) is 11.2 Å². The summed E-state index contributed by atoms with van der Waals surface area (Å²) in [4.78, 5) is 12.9. The fraction of sp³-hybridized carbons (Fsp3) is 0.415. The average molecular weight is 626 g/mol. The Morgan fingerprint density at radius 3 is 1.49 bits per heavy atom. The lowest BCUT2D eigenvalue weighted by Crippen LogP contribution is -2.41. The zero-order chi connectivity index (χ0) is 32.7. The normalized spacial score (nSPS) is 23.0. The van der Waals surface area contributed by atoms with Gasteiger partial charge < -0.3 is 9.31 Å². The Bertz CT molecular complexity index is 1820. The highest BCUT2D eigenvalue weighted by Gasteiger charge is 2.54. The molecule has 3 aliphatic carbocycles. The number of rotatable bonds is 4. The quantitative estimate of drug-likeness (QED) is 0.191. The molecule has 0 bridgehead atoms. The number of benzene rings is 4. The van der Waals surface area contributed by atoms with E-state index in [0.29, 0.717) is 0 Å². The van der Waals surface area contributed by atoms with E-state index in [1.807, 2.05) is 0 Å². The molecule has 4 aromatic carbocycles. The van der Waals surface area contributed by atoms with Crippen LogP contribution in [0.15, 0.2) is 72.8 Å². The molecule has 9 rings (SSSR count). The smallest absolute Gasteiger partial charge is 0.399 e. The molecule has 47 heavy (non-hydrogen) atoms. The maximum absolute atomic E-state index is 6.62. The van der Waals surface area contributed by atoms with Crippen LogP contribution in [-0.2, 0) is 50.1 Å². The van der Waals surface area contributed by atoms with Gasteiger partial charge in [-0.25, -0.2) is 9.68 Å². The van der Waals surface area contributed by atoms with Crippen molar-refractivity contribution in [3.05, 3.63) is 117 Å². The molecule has 0 N–H and O–H groups in total. The van der Waals surface area contributed by atoms with Gasteiger partial charge >= 0.3 is 7.12 Å². The van der Waals surface area contributed by atoms with Gasteiger partial charge in [-0.15, -0.1) is 5.23 Å². The standard InChI is InChI=1S/C41H44BNO4/c1-37(2)38(3,4)45-42(44-37)31-17-19-33-34-20-18-32(43-46-39(5,6)40(7,8)47-43)24-36(34)41(35(33)23-31,29-15-13-25-9-11-27(25)21-29)30-16-14-26-10-12-28(26)22-30/h13-24H,9-12H2,1-8H3. The van der Waals surface area contributed by atoms with Crippen LogP contribution < -0.4 is 10.7 Å². The van der Waals surface area contributed by atoms with Gasteiger partial charge in [0.15, 0.2) is 0 Å². The lowest BCUT2D eigenvalue weighted by atomic mass is 9.64. The van der Waals surface area contributed by atoms with Gasteiger partial charge in [-0.3, -0.25) is 0 Å². The number of nitrogens with zero attached hydrogens (tertiary/aromatic N) is 1. The van der Waals surface area contributed by atoms with Crippen LogP contribution in [0.2, 0.25) is 0 Å². The molecule has 2 fully saturated rings. The molecule has 0 amide bonds. The third kappa shape index (κ3) is 3.99. The molecule has 0 saturated carbocycles. The first-order chi connectivity index (χ1) is 22.2. The third-order valence-corrected chi connectivity index (χ3v) is 12.6. The van der Waals surface area contributed by atoms with E-state index >= 15 is 0 Å². The van der Waals surface area contributed by atoms with E-state index in [1.54, 1.807) is 5.23 Å². The van der Waals surface area contributed by atoms with Gasteiger partial charge in [-0.1, -0.05) is 60.7 Å². The van der Waals surface area contributed by atoms with Gasteiger partial charge in [-0.2, -0.15) is 0 Å². The largest absolute Gasteiger partial charge is 0.494 e. The molecule has 5 nitrogen and oxygen atoms in total. The molecule has 0 atom stereocenters. The molecular weight excluding hydrogens is 581 g/mol. The average Bonchev–Trinajstić information content (AvgIpc) is 3.48. The second-order valence-corrected chi connectivity index (χ2v) is 16.3. The lowest BCUT2D eigenvalue weighted by molar-refractivity contribution is -0.0273. The van der Waals surface area contributed by atoms with Crippen LogP contribution in [0.1, 0.15) is 99.9 Å².